The topological polar surface area (TPSA) is 76.5 Å². The van der Waals surface area contributed by atoms with E-state index in [1.54, 1.807) is 18.2 Å². The Morgan fingerprint density at radius 3 is 2.50 bits per heavy atom. The second-order valence-corrected chi connectivity index (χ2v) is 7.48. The molecule has 2 N–H and O–H groups in total. The molecule has 5 nitrogen and oxygen atoms in total. The van der Waals surface area contributed by atoms with Gasteiger partial charge < -0.3 is 9.90 Å². The third kappa shape index (κ3) is 4.52. The Morgan fingerprint density at radius 1 is 1.12 bits per heavy atom. The van der Waals surface area contributed by atoms with Gasteiger partial charge in [-0.15, -0.1) is 0 Å². The largest absolute Gasteiger partial charge is 0.550 e. The Hall–Kier alpha value is -2.15. The summed E-state index contributed by atoms with van der Waals surface area (Å²) in [6, 6.07) is 12.8. The molecule has 0 saturated carbocycles. The normalized spacial score (nSPS) is 15.6. The molecule has 2 aromatic carbocycles. The molecule has 3 rings (SSSR count). The lowest BCUT2D eigenvalue weighted by Crippen LogP contribution is -2.39. The number of hydrogen-bond acceptors (Lipinski definition) is 5. The van der Waals surface area contributed by atoms with Crippen molar-refractivity contribution in [1.82, 2.24) is 10.9 Å². The van der Waals surface area contributed by atoms with Crippen LogP contribution in [0.4, 0.5) is 5.69 Å². The number of rotatable bonds is 4. The lowest BCUT2D eigenvalue weighted by Gasteiger charge is -2.25. The monoisotopic (exact) mass is 406 g/mol. The number of aliphatic imine (C=N–C) groups is 1. The minimum atomic E-state index is -1.16. The molecule has 0 unspecified atom stereocenters. The van der Waals surface area contributed by atoms with E-state index in [2.05, 4.69) is 15.8 Å². The van der Waals surface area contributed by atoms with Gasteiger partial charge in [-0.3, -0.25) is 10.9 Å². The first-order chi connectivity index (χ1) is 12.4. The van der Waals surface area contributed by atoms with Gasteiger partial charge in [0.15, 0.2) is 5.17 Å². The summed E-state index contributed by atoms with van der Waals surface area (Å²) in [7, 11) is 0. The fraction of sp³-hybridized carbons (Fsp3) is 0.111. The first kappa shape index (κ1) is 18.6. The summed E-state index contributed by atoms with van der Waals surface area (Å²) in [5.41, 5.74) is 9.30. The number of hydrazine groups is 1. The summed E-state index contributed by atoms with van der Waals surface area (Å²) in [6.07, 6.45) is -0.219. The number of benzene rings is 2. The number of nitrogens with one attached hydrogen (secondary N) is 2. The second kappa shape index (κ2) is 8.03. The standard InChI is InChI=1S/C18H15Cl2N3O2S/c1-10-2-4-11(5-3-10)17-15(9-16(24)25)26-18(23-22-17)21-12-6-7-13(19)14(20)8-12/h2-8,22H,9H2,1H3,(H,21,23)(H,24,25)/p-1. The van der Waals surface area contributed by atoms with Gasteiger partial charge in [0.1, 0.15) is 0 Å². The second-order valence-electron chi connectivity index (χ2n) is 5.58. The first-order valence-electron chi connectivity index (χ1n) is 7.66. The number of hydrogen-bond donors (Lipinski definition) is 2. The van der Waals surface area contributed by atoms with Gasteiger partial charge in [-0.05, 0) is 25.1 Å². The van der Waals surface area contributed by atoms with Gasteiger partial charge in [-0.2, -0.15) is 0 Å². The van der Waals surface area contributed by atoms with E-state index in [0.29, 0.717) is 31.5 Å². The van der Waals surface area contributed by atoms with Crippen LogP contribution < -0.4 is 16.0 Å². The molecule has 0 atom stereocenters. The fourth-order valence-electron chi connectivity index (χ4n) is 2.31. The van der Waals surface area contributed by atoms with Crippen molar-refractivity contribution in [3.05, 3.63) is 68.5 Å². The van der Waals surface area contributed by atoms with Crippen LogP contribution in [0.5, 0.6) is 0 Å². The molecule has 2 aromatic rings. The van der Waals surface area contributed by atoms with E-state index in [1.807, 2.05) is 31.2 Å². The number of carboxylic acid groups (broad SMARTS) is 1. The highest BCUT2D eigenvalue weighted by Crippen LogP contribution is 2.33. The molecule has 1 heterocycles. The highest BCUT2D eigenvalue weighted by atomic mass is 35.5. The number of halogens is 2. The third-order valence-corrected chi connectivity index (χ3v) is 5.29. The molecular formula is C18H14Cl2N3O2S-. The quantitative estimate of drug-likeness (QED) is 0.810. The van der Waals surface area contributed by atoms with Crippen LogP contribution in [0.1, 0.15) is 17.5 Å². The van der Waals surface area contributed by atoms with Gasteiger partial charge in [0.25, 0.3) is 0 Å². The summed E-state index contributed by atoms with van der Waals surface area (Å²) in [5.74, 6) is -1.16. The molecule has 0 radical (unpaired) electrons. The van der Waals surface area contributed by atoms with Gasteiger partial charge in [0.05, 0.1) is 21.4 Å². The SMILES string of the molecule is Cc1ccc(C2=C(CC(=O)[O-])SC(=Nc3ccc(Cl)c(Cl)c3)NN2)cc1. The number of thioether (sulfide) groups is 1. The molecule has 0 fully saturated rings. The van der Waals surface area contributed by atoms with E-state index in [4.69, 9.17) is 23.2 Å². The van der Waals surface area contributed by atoms with Crippen LogP contribution in [0, 0.1) is 6.92 Å². The molecule has 0 saturated heterocycles. The van der Waals surface area contributed by atoms with Crippen LogP contribution in [-0.2, 0) is 4.79 Å². The van der Waals surface area contributed by atoms with Crippen molar-refractivity contribution in [3.8, 4) is 0 Å². The van der Waals surface area contributed by atoms with Crippen molar-refractivity contribution < 1.29 is 9.90 Å². The average Bonchev–Trinajstić information content (AvgIpc) is 2.59. The zero-order valence-corrected chi connectivity index (χ0v) is 16.0. The smallest absolute Gasteiger partial charge is 0.185 e. The molecule has 26 heavy (non-hydrogen) atoms. The molecule has 0 spiro atoms. The van der Waals surface area contributed by atoms with Crippen molar-refractivity contribution in [2.24, 2.45) is 4.99 Å². The first-order valence-corrected chi connectivity index (χ1v) is 9.23. The third-order valence-electron chi connectivity index (χ3n) is 3.57. The Bertz CT molecular complexity index is 911. The van der Waals surface area contributed by atoms with Crippen LogP contribution in [-0.4, -0.2) is 11.1 Å². The Kier molecular flexibility index (Phi) is 5.76. The molecule has 1 aliphatic rings. The number of carbonyl (C=O) groups excluding carboxylic acids is 1. The minimum Gasteiger partial charge on any atom is -0.550 e. The average molecular weight is 407 g/mol. The maximum atomic E-state index is 11.2. The van der Waals surface area contributed by atoms with Gasteiger partial charge in [-0.1, -0.05) is 64.8 Å². The molecule has 0 aromatic heterocycles. The predicted molar refractivity (Wildman–Crippen MR) is 105 cm³/mol. The highest BCUT2D eigenvalue weighted by molar-refractivity contribution is 8.17. The van der Waals surface area contributed by atoms with E-state index in [-0.39, 0.29) is 6.42 Å². The van der Waals surface area contributed by atoms with Gasteiger partial charge in [0.2, 0.25) is 0 Å². The summed E-state index contributed by atoms with van der Waals surface area (Å²) < 4.78 is 0. The number of amidine groups is 1. The molecule has 8 heteroatoms. The number of nitrogens with zero attached hydrogens (tertiary/aromatic N) is 1. The molecule has 0 aliphatic carbocycles. The van der Waals surface area contributed by atoms with E-state index >= 15 is 0 Å². The van der Waals surface area contributed by atoms with Crippen molar-refractivity contribution in [1.29, 1.82) is 0 Å². The van der Waals surface area contributed by atoms with Gasteiger partial charge in [0, 0.05) is 22.9 Å². The zero-order valence-electron chi connectivity index (χ0n) is 13.7. The van der Waals surface area contributed by atoms with E-state index in [0.717, 1.165) is 11.1 Å². The summed E-state index contributed by atoms with van der Waals surface area (Å²) in [4.78, 5) is 16.2. The van der Waals surface area contributed by atoms with E-state index < -0.39 is 5.97 Å². The van der Waals surface area contributed by atoms with Gasteiger partial charge in [-0.25, -0.2) is 4.99 Å². The fourth-order valence-corrected chi connectivity index (χ4v) is 3.55. The number of aryl methyl sites for hydroxylation is 1. The lowest BCUT2D eigenvalue weighted by molar-refractivity contribution is -0.304. The van der Waals surface area contributed by atoms with Crippen molar-refractivity contribution in [2.45, 2.75) is 13.3 Å². The number of aliphatic carboxylic acids is 1. The van der Waals surface area contributed by atoms with Crippen molar-refractivity contribution in [2.75, 3.05) is 0 Å². The molecule has 0 bridgehead atoms. The summed E-state index contributed by atoms with van der Waals surface area (Å²) >= 11 is 13.1. The van der Waals surface area contributed by atoms with Crippen LogP contribution in [0.15, 0.2) is 52.4 Å². The van der Waals surface area contributed by atoms with Crippen LogP contribution in [0.3, 0.4) is 0 Å². The minimum absolute atomic E-state index is 0.219. The Labute approximate surface area is 165 Å². The molecule has 1 aliphatic heterocycles. The maximum absolute atomic E-state index is 11.2. The van der Waals surface area contributed by atoms with Crippen molar-refractivity contribution >= 4 is 57.5 Å². The van der Waals surface area contributed by atoms with Crippen LogP contribution in [0.25, 0.3) is 5.70 Å². The van der Waals surface area contributed by atoms with Gasteiger partial charge >= 0.3 is 0 Å². The maximum Gasteiger partial charge on any atom is 0.185 e. The summed E-state index contributed by atoms with van der Waals surface area (Å²) in [5, 5.41) is 12.5. The predicted octanol–water partition coefficient (Wildman–Crippen LogP) is 3.64. The van der Waals surface area contributed by atoms with E-state index in [9.17, 15) is 9.90 Å². The lowest BCUT2D eigenvalue weighted by atomic mass is 10.1. The van der Waals surface area contributed by atoms with Crippen molar-refractivity contribution in [3.63, 3.8) is 0 Å². The number of carbonyl (C=O) groups is 1. The van der Waals surface area contributed by atoms with E-state index in [1.165, 1.54) is 11.8 Å². The highest BCUT2D eigenvalue weighted by Gasteiger charge is 2.19. The Balaban J connectivity index is 1.92. The molecule has 134 valence electrons. The zero-order chi connectivity index (χ0) is 18.7. The van der Waals surface area contributed by atoms with Crippen LogP contribution >= 0.6 is 35.0 Å². The molecule has 0 amide bonds. The Morgan fingerprint density at radius 2 is 1.85 bits per heavy atom. The number of carboxylic acids is 1. The summed E-state index contributed by atoms with van der Waals surface area (Å²) in [6.45, 7) is 1.99. The molecular weight excluding hydrogens is 393 g/mol. The van der Waals surface area contributed by atoms with Crippen LogP contribution in [0.2, 0.25) is 10.0 Å².